The molecule has 0 aromatic heterocycles. The number of hydrogen-bond acceptors (Lipinski definition) is 3. The molecule has 0 aliphatic carbocycles. The third-order valence-electron chi connectivity index (χ3n) is 4.78. The van der Waals surface area contributed by atoms with Crippen molar-refractivity contribution in [3.63, 3.8) is 0 Å². The lowest BCUT2D eigenvalue weighted by Gasteiger charge is -2.21. The van der Waals surface area contributed by atoms with Gasteiger partial charge in [0.25, 0.3) is 5.91 Å². The lowest BCUT2D eigenvalue weighted by Crippen LogP contribution is -2.31. The molecule has 2 N–H and O–H groups in total. The second-order valence-electron chi connectivity index (χ2n) is 6.56. The fraction of sp³-hybridized carbons (Fsp3) is 0.529. The normalized spacial score (nSPS) is 21.3. The number of alkyl halides is 3. The van der Waals surface area contributed by atoms with E-state index >= 15 is 0 Å². The van der Waals surface area contributed by atoms with E-state index in [2.05, 4.69) is 0 Å². The number of likely N-dealkylation sites (tertiary alicyclic amines) is 1. The molecule has 8 heteroatoms. The van der Waals surface area contributed by atoms with Crippen molar-refractivity contribution < 1.29 is 22.8 Å². The highest BCUT2D eigenvalue weighted by molar-refractivity contribution is 5.99. The smallest absolute Gasteiger partial charge is 0.338 e. The Morgan fingerprint density at radius 3 is 2.56 bits per heavy atom. The Hall–Kier alpha value is -2.09. The summed E-state index contributed by atoms with van der Waals surface area (Å²) in [6.45, 7) is 1.74. The van der Waals surface area contributed by atoms with Crippen LogP contribution in [0.5, 0.6) is 0 Å². The van der Waals surface area contributed by atoms with Gasteiger partial charge < -0.3 is 15.5 Å². The van der Waals surface area contributed by atoms with E-state index in [-0.39, 0.29) is 23.1 Å². The van der Waals surface area contributed by atoms with Gasteiger partial charge in [-0.05, 0) is 43.5 Å². The zero-order chi connectivity index (χ0) is 18.2. The summed E-state index contributed by atoms with van der Waals surface area (Å²) in [6, 6.07) is 3.19. The summed E-state index contributed by atoms with van der Waals surface area (Å²) in [5.41, 5.74) is 4.79. The van der Waals surface area contributed by atoms with Gasteiger partial charge in [0.05, 0.1) is 5.56 Å². The molecule has 2 aliphatic heterocycles. The first-order valence-corrected chi connectivity index (χ1v) is 8.31. The Labute approximate surface area is 143 Å². The largest absolute Gasteiger partial charge is 0.416 e. The van der Waals surface area contributed by atoms with Crippen molar-refractivity contribution in [3.05, 3.63) is 29.3 Å². The summed E-state index contributed by atoms with van der Waals surface area (Å²) in [7, 11) is 0. The second-order valence-corrected chi connectivity index (χ2v) is 6.56. The van der Waals surface area contributed by atoms with Gasteiger partial charge in [-0.1, -0.05) is 0 Å². The maximum atomic E-state index is 13.2. The fourth-order valence-electron chi connectivity index (χ4n) is 3.37. The number of anilines is 1. The first-order valence-electron chi connectivity index (χ1n) is 8.31. The Morgan fingerprint density at radius 1 is 1.24 bits per heavy atom. The number of nitrogens with zero attached hydrogens (tertiary/aromatic N) is 2. The van der Waals surface area contributed by atoms with E-state index in [1.807, 2.05) is 0 Å². The first kappa shape index (κ1) is 17.7. The van der Waals surface area contributed by atoms with Crippen LogP contribution in [0.15, 0.2) is 18.2 Å². The van der Waals surface area contributed by atoms with E-state index in [0.717, 1.165) is 18.6 Å². The van der Waals surface area contributed by atoms with Crippen LogP contribution < -0.4 is 10.6 Å². The molecule has 0 bridgehead atoms. The van der Waals surface area contributed by atoms with Gasteiger partial charge in [0.1, 0.15) is 0 Å². The van der Waals surface area contributed by atoms with Crippen molar-refractivity contribution in [2.75, 3.05) is 31.1 Å². The number of rotatable bonds is 3. The first-order chi connectivity index (χ1) is 11.8. The van der Waals surface area contributed by atoms with E-state index in [4.69, 9.17) is 5.73 Å². The molecule has 136 valence electrons. The SMILES string of the molecule is NC[C@@H]1CCN(C(=O)c2cc(N3CCCC3=O)cc(C(F)(F)F)c2)C1. The molecule has 25 heavy (non-hydrogen) atoms. The number of hydrogen-bond donors (Lipinski definition) is 1. The van der Waals surface area contributed by atoms with E-state index in [1.165, 1.54) is 15.9 Å². The summed E-state index contributed by atoms with van der Waals surface area (Å²) >= 11 is 0. The van der Waals surface area contributed by atoms with Gasteiger partial charge in [-0.15, -0.1) is 0 Å². The number of nitrogens with two attached hydrogens (primary N) is 1. The van der Waals surface area contributed by atoms with Crippen LogP contribution in [0, 0.1) is 5.92 Å². The van der Waals surface area contributed by atoms with Crippen LogP contribution in [0.4, 0.5) is 18.9 Å². The molecule has 1 atom stereocenters. The van der Waals surface area contributed by atoms with Gasteiger partial charge in [-0.3, -0.25) is 9.59 Å². The van der Waals surface area contributed by atoms with Gasteiger partial charge in [-0.25, -0.2) is 0 Å². The van der Waals surface area contributed by atoms with Crippen LogP contribution >= 0.6 is 0 Å². The van der Waals surface area contributed by atoms with Crippen molar-refractivity contribution in [2.45, 2.75) is 25.4 Å². The van der Waals surface area contributed by atoms with Gasteiger partial charge in [-0.2, -0.15) is 13.2 Å². The van der Waals surface area contributed by atoms with E-state index < -0.39 is 17.6 Å². The monoisotopic (exact) mass is 355 g/mol. The molecule has 2 heterocycles. The van der Waals surface area contributed by atoms with Gasteiger partial charge in [0, 0.05) is 37.3 Å². The quantitative estimate of drug-likeness (QED) is 0.904. The molecule has 5 nitrogen and oxygen atoms in total. The highest BCUT2D eigenvalue weighted by Gasteiger charge is 2.35. The molecule has 0 spiro atoms. The number of carbonyl (C=O) groups is 2. The Balaban J connectivity index is 1.95. The lowest BCUT2D eigenvalue weighted by molar-refractivity contribution is -0.137. The van der Waals surface area contributed by atoms with Crippen LogP contribution in [0.3, 0.4) is 0 Å². The predicted molar refractivity (Wildman–Crippen MR) is 86.1 cm³/mol. The third kappa shape index (κ3) is 3.63. The Kier molecular flexibility index (Phi) is 4.73. The summed E-state index contributed by atoms with van der Waals surface area (Å²) in [4.78, 5) is 27.4. The average Bonchev–Trinajstić information content (AvgIpc) is 3.21. The highest BCUT2D eigenvalue weighted by atomic mass is 19.4. The molecular formula is C17H20F3N3O2. The van der Waals surface area contributed by atoms with Crippen molar-refractivity contribution in [1.29, 1.82) is 0 Å². The van der Waals surface area contributed by atoms with E-state index in [0.29, 0.717) is 39.0 Å². The van der Waals surface area contributed by atoms with Gasteiger partial charge in [0.2, 0.25) is 5.91 Å². The maximum absolute atomic E-state index is 13.2. The molecule has 0 saturated carbocycles. The van der Waals surface area contributed by atoms with Crippen molar-refractivity contribution in [1.82, 2.24) is 4.90 Å². The van der Waals surface area contributed by atoms with Crippen molar-refractivity contribution in [2.24, 2.45) is 11.7 Å². The topological polar surface area (TPSA) is 66.6 Å². The second kappa shape index (κ2) is 6.67. The molecule has 0 radical (unpaired) electrons. The van der Waals surface area contributed by atoms with Crippen molar-refractivity contribution >= 4 is 17.5 Å². The molecule has 2 aliphatic rings. The minimum Gasteiger partial charge on any atom is -0.338 e. The van der Waals surface area contributed by atoms with Crippen LogP contribution in [-0.2, 0) is 11.0 Å². The number of benzene rings is 1. The average molecular weight is 355 g/mol. The maximum Gasteiger partial charge on any atom is 0.416 e. The summed E-state index contributed by atoms with van der Waals surface area (Å²) < 4.78 is 39.7. The minimum absolute atomic E-state index is 0.0396. The summed E-state index contributed by atoms with van der Waals surface area (Å²) in [5, 5.41) is 0. The fourth-order valence-corrected chi connectivity index (χ4v) is 3.37. The van der Waals surface area contributed by atoms with Crippen LogP contribution in [0.2, 0.25) is 0 Å². The molecule has 2 amide bonds. The lowest BCUT2D eigenvalue weighted by atomic mass is 10.1. The highest BCUT2D eigenvalue weighted by Crippen LogP contribution is 2.34. The zero-order valence-corrected chi connectivity index (χ0v) is 13.7. The Bertz CT molecular complexity index is 690. The van der Waals surface area contributed by atoms with Crippen LogP contribution in [0.1, 0.15) is 35.2 Å². The van der Waals surface area contributed by atoms with Crippen molar-refractivity contribution in [3.8, 4) is 0 Å². The van der Waals surface area contributed by atoms with Crippen LogP contribution in [0.25, 0.3) is 0 Å². The predicted octanol–water partition coefficient (Wildman–Crippen LogP) is 2.25. The molecule has 1 aromatic carbocycles. The molecule has 1 aromatic rings. The molecule has 2 fully saturated rings. The summed E-state index contributed by atoms with van der Waals surface area (Å²) in [6.07, 6.45) is -2.93. The molecule has 3 rings (SSSR count). The van der Waals surface area contributed by atoms with E-state index in [9.17, 15) is 22.8 Å². The van der Waals surface area contributed by atoms with Gasteiger partial charge in [0.15, 0.2) is 0 Å². The number of amides is 2. The minimum atomic E-state index is -4.58. The molecule has 0 unspecified atom stereocenters. The van der Waals surface area contributed by atoms with Gasteiger partial charge >= 0.3 is 6.18 Å². The standard InChI is InChI=1S/C17H20F3N3O2/c18-17(19,20)13-6-12(16(25)22-5-3-11(9-21)10-22)7-14(8-13)23-4-1-2-15(23)24/h6-8,11H,1-5,9-10,21H2/t11-/m0/s1. The van der Waals surface area contributed by atoms with Crippen LogP contribution in [-0.4, -0.2) is 42.9 Å². The third-order valence-corrected chi connectivity index (χ3v) is 4.78. The van der Waals surface area contributed by atoms with E-state index in [1.54, 1.807) is 0 Å². The zero-order valence-electron chi connectivity index (χ0n) is 13.7. The number of halogens is 3. The molecular weight excluding hydrogens is 335 g/mol. The molecule has 2 saturated heterocycles. The number of carbonyl (C=O) groups excluding carboxylic acids is 2. The Morgan fingerprint density at radius 2 is 2.00 bits per heavy atom. The summed E-state index contributed by atoms with van der Waals surface area (Å²) in [5.74, 6) is -0.494.